The number of aliphatic hydroxyl groups is 1. The Kier molecular flexibility index (Phi) is 5.66. The van der Waals surface area contributed by atoms with Crippen LogP contribution in [0.2, 0.25) is 0 Å². The van der Waals surface area contributed by atoms with Gasteiger partial charge in [0.2, 0.25) is 0 Å². The molecule has 1 spiro atoms. The van der Waals surface area contributed by atoms with E-state index in [1.54, 1.807) is 6.07 Å². The highest BCUT2D eigenvalue weighted by Gasteiger charge is 2.51. The van der Waals surface area contributed by atoms with Gasteiger partial charge in [-0.05, 0) is 71.3 Å². The fourth-order valence-corrected chi connectivity index (χ4v) is 4.99. The van der Waals surface area contributed by atoms with E-state index in [0.717, 1.165) is 37.1 Å². The van der Waals surface area contributed by atoms with E-state index < -0.39 is 35.4 Å². The van der Waals surface area contributed by atoms with Gasteiger partial charge in [-0.3, -0.25) is 0 Å². The average Bonchev–Trinajstić information content (AvgIpc) is 3.55. The van der Waals surface area contributed by atoms with Crippen LogP contribution in [0.15, 0.2) is 54.6 Å². The summed E-state index contributed by atoms with van der Waals surface area (Å²) in [6, 6.07) is 11.3. The number of rotatable bonds is 4. The molecule has 1 fully saturated rings. The summed E-state index contributed by atoms with van der Waals surface area (Å²) < 4.78 is 75.6. The molecule has 0 bridgehead atoms. The normalized spacial score (nSPS) is 19.4. The van der Waals surface area contributed by atoms with E-state index in [2.05, 4.69) is 0 Å². The van der Waals surface area contributed by atoms with Gasteiger partial charge in [0.1, 0.15) is 17.2 Å². The maximum Gasteiger partial charge on any atom is 0.416 e. The fraction of sp³-hybridized carbons (Fsp3) is 0.357. The predicted molar refractivity (Wildman–Crippen MR) is 122 cm³/mol. The number of halogens is 5. The fourth-order valence-electron chi connectivity index (χ4n) is 4.99. The van der Waals surface area contributed by atoms with Crippen LogP contribution in [-0.2, 0) is 6.18 Å². The molecule has 2 atom stereocenters. The van der Waals surface area contributed by atoms with Crippen LogP contribution in [0.1, 0.15) is 79.1 Å². The highest BCUT2D eigenvalue weighted by atomic mass is 19.4. The number of alkyl halides is 4. The first-order valence-electron chi connectivity index (χ1n) is 11.6. The van der Waals surface area contributed by atoms with E-state index in [1.807, 2.05) is 13.8 Å². The lowest BCUT2D eigenvalue weighted by molar-refractivity contribution is -0.137. The highest BCUT2D eigenvalue weighted by molar-refractivity contribution is 5.78. The monoisotopic (exact) mass is 488 g/mol. The first-order valence-corrected chi connectivity index (χ1v) is 11.6. The number of aliphatic hydroxyl groups excluding tert-OH is 1. The second kappa shape index (κ2) is 8.33. The maximum atomic E-state index is 16.3. The third-order valence-corrected chi connectivity index (χ3v) is 6.97. The number of hydrogen-bond donors (Lipinski definition) is 1. The molecule has 3 aromatic carbocycles. The Morgan fingerprint density at radius 2 is 1.63 bits per heavy atom. The molecule has 2 aliphatic rings. The molecular weight excluding hydrogens is 463 g/mol. The van der Waals surface area contributed by atoms with Crippen molar-refractivity contribution in [3.8, 4) is 16.9 Å². The first-order chi connectivity index (χ1) is 16.5. The molecule has 2 nitrogen and oxygen atoms in total. The standard InChI is InChI=1S/C28H25F5O2/c1-15(2)20-13-22-25(21(34)14-27(35-22)11-12-27)23(16-5-9-19(29)10-6-16)24(20)26(30)17-3-7-18(8-4-17)28(31,32)33/h3-10,13,15,21,26,34H,11-12,14H2,1-2H3/t21-,26-/m0/s1. The van der Waals surface area contributed by atoms with Crippen LogP contribution in [-0.4, -0.2) is 10.7 Å². The van der Waals surface area contributed by atoms with Crippen LogP contribution in [0.3, 0.4) is 0 Å². The van der Waals surface area contributed by atoms with Crippen molar-refractivity contribution in [2.24, 2.45) is 0 Å². The second-order valence-corrected chi connectivity index (χ2v) is 9.82. The lowest BCUT2D eigenvalue weighted by Crippen LogP contribution is -2.28. The van der Waals surface area contributed by atoms with Crippen molar-refractivity contribution in [1.82, 2.24) is 0 Å². The minimum Gasteiger partial charge on any atom is -0.487 e. The van der Waals surface area contributed by atoms with E-state index in [1.165, 1.54) is 24.3 Å². The van der Waals surface area contributed by atoms with Crippen LogP contribution < -0.4 is 4.74 Å². The summed E-state index contributed by atoms with van der Waals surface area (Å²) in [7, 11) is 0. The van der Waals surface area contributed by atoms with E-state index in [4.69, 9.17) is 4.74 Å². The van der Waals surface area contributed by atoms with Gasteiger partial charge in [0.25, 0.3) is 0 Å². The molecule has 3 aromatic rings. The van der Waals surface area contributed by atoms with Gasteiger partial charge in [-0.2, -0.15) is 13.2 Å². The Bertz CT molecular complexity index is 1240. The summed E-state index contributed by atoms with van der Waals surface area (Å²) in [6.07, 6.45) is -5.20. The van der Waals surface area contributed by atoms with Crippen molar-refractivity contribution >= 4 is 0 Å². The van der Waals surface area contributed by atoms with Gasteiger partial charge < -0.3 is 9.84 Å². The Morgan fingerprint density at radius 1 is 1.00 bits per heavy atom. The molecule has 0 radical (unpaired) electrons. The summed E-state index contributed by atoms with van der Waals surface area (Å²) in [5.41, 5.74) is 1.01. The summed E-state index contributed by atoms with van der Waals surface area (Å²) in [6.45, 7) is 3.79. The second-order valence-electron chi connectivity index (χ2n) is 9.82. The van der Waals surface area contributed by atoms with Crippen molar-refractivity contribution < 1.29 is 31.8 Å². The Morgan fingerprint density at radius 3 is 2.17 bits per heavy atom. The molecule has 1 aliphatic carbocycles. The molecule has 5 rings (SSSR count). The molecule has 35 heavy (non-hydrogen) atoms. The quantitative estimate of drug-likeness (QED) is 0.377. The van der Waals surface area contributed by atoms with E-state index in [-0.39, 0.29) is 17.0 Å². The summed E-state index contributed by atoms with van der Waals surface area (Å²) >= 11 is 0. The van der Waals surface area contributed by atoms with Gasteiger partial charge in [0.05, 0.1) is 11.7 Å². The largest absolute Gasteiger partial charge is 0.487 e. The Hall–Kier alpha value is -2.93. The van der Waals surface area contributed by atoms with Crippen molar-refractivity contribution in [3.63, 3.8) is 0 Å². The highest BCUT2D eigenvalue weighted by Crippen LogP contribution is 2.56. The van der Waals surface area contributed by atoms with Crippen molar-refractivity contribution in [3.05, 3.63) is 88.2 Å². The van der Waals surface area contributed by atoms with Crippen molar-refractivity contribution in [2.75, 3.05) is 0 Å². The predicted octanol–water partition coefficient (Wildman–Crippen LogP) is 8.04. The number of ether oxygens (including phenoxy) is 1. The van der Waals surface area contributed by atoms with Gasteiger partial charge in [-0.1, -0.05) is 38.1 Å². The maximum absolute atomic E-state index is 16.3. The molecule has 184 valence electrons. The van der Waals surface area contributed by atoms with Crippen LogP contribution in [0, 0.1) is 5.82 Å². The first kappa shape index (κ1) is 23.8. The molecule has 1 aliphatic heterocycles. The zero-order chi connectivity index (χ0) is 25.1. The van der Waals surface area contributed by atoms with Crippen molar-refractivity contribution in [2.45, 2.75) is 63.1 Å². The number of hydrogen-bond acceptors (Lipinski definition) is 2. The minimum atomic E-state index is -4.53. The van der Waals surface area contributed by atoms with Gasteiger partial charge in [-0.25, -0.2) is 8.78 Å². The van der Waals surface area contributed by atoms with Crippen LogP contribution in [0.5, 0.6) is 5.75 Å². The third kappa shape index (κ3) is 4.31. The molecular formula is C28H25F5O2. The number of fused-ring (bicyclic) bond motifs is 1. The van der Waals surface area contributed by atoms with Gasteiger partial charge in [0.15, 0.2) is 6.17 Å². The summed E-state index contributed by atoms with van der Waals surface area (Å²) in [5, 5.41) is 11.2. The summed E-state index contributed by atoms with van der Waals surface area (Å²) in [4.78, 5) is 0. The van der Waals surface area contributed by atoms with Gasteiger partial charge >= 0.3 is 6.18 Å². The molecule has 0 amide bonds. The molecule has 1 heterocycles. The van der Waals surface area contributed by atoms with Crippen LogP contribution >= 0.6 is 0 Å². The minimum absolute atomic E-state index is 0.0630. The SMILES string of the molecule is CC(C)c1cc2c(c(-c3ccc(F)cc3)c1[C@@H](F)c1ccc(C(F)(F)F)cc1)[C@@H](O)CC1(CC1)O2. The van der Waals surface area contributed by atoms with E-state index in [0.29, 0.717) is 34.4 Å². The van der Waals surface area contributed by atoms with Gasteiger partial charge in [-0.15, -0.1) is 0 Å². The molecule has 0 aromatic heterocycles. The average molecular weight is 488 g/mol. The lowest BCUT2D eigenvalue weighted by atomic mass is 9.79. The molecule has 7 heteroatoms. The zero-order valence-electron chi connectivity index (χ0n) is 19.3. The van der Waals surface area contributed by atoms with E-state index in [9.17, 15) is 22.7 Å². The van der Waals surface area contributed by atoms with Crippen LogP contribution in [0.4, 0.5) is 22.0 Å². The topological polar surface area (TPSA) is 29.5 Å². The molecule has 1 N–H and O–H groups in total. The molecule has 0 saturated heterocycles. The Balaban J connectivity index is 1.74. The van der Waals surface area contributed by atoms with Crippen molar-refractivity contribution in [1.29, 1.82) is 0 Å². The Labute approximate surface area is 200 Å². The van der Waals surface area contributed by atoms with Crippen LogP contribution in [0.25, 0.3) is 11.1 Å². The lowest BCUT2D eigenvalue weighted by Gasteiger charge is -2.35. The smallest absolute Gasteiger partial charge is 0.416 e. The molecule has 1 saturated carbocycles. The third-order valence-electron chi connectivity index (χ3n) is 6.97. The summed E-state index contributed by atoms with van der Waals surface area (Å²) in [5.74, 6) is -0.134. The van der Waals surface area contributed by atoms with Gasteiger partial charge in [0, 0.05) is 17.5 Å². The molecule has 0 unspecified atom stereocenters. The van der Waals surface area contributed by atoms with E-state index >= 15 is 4.39 Å². The zero-order valence-corrected chi connectivity index (χ0v) is 19.3. The number of benzene rings is 3.